The normalized spacial score (nSPS) is 20.6. The number of alkyl halides is 3. The number of halogens is 5. The zero-order chi connectivity index (χ0) is 31.5. The second kappa shape index (κ2) is 11.5. The Balaban J connectivity index is 1.62. The third-order valence-corrected chi connectivity index (χ3v) is 10.5. The van der Waals surface area contributed by atoms with Gasteiger partial charge in [-0.25, -0.2) is 9.18 Å². The number of rotatable bonds is 4. The topological polar surface area (TPSA) is 71.3 Å². The van der Waals surface area contributed by atoms with Gasteiger partial charge in [0, 0.05) is 75.7 Å². The lowest BCUT2D eigenvalue weighted by Crippen LogP contribution is -2.58. The molecule has 4 aromatic rings. The molecule has 14 heteroatoms. The van der Waals surface area contributed by atoms with Gasteiger partial charge < -0.3 is 9.80 Å². The number of hydrogen-bond acceptors (Lipinski definition) is 7. The van der Waals surface area contributed by atoms with Crippen LogP contribution in [0.25, 0.3) is 21.3 Å². The molecule has 1 fully saturated rings. The molecule has 0 unspecified atom stereocenters. The highest BCUT2D eigenvalue weighted by atomic mass is 35.5. The molecule has 3 atom stereocenters. The standard InChI is InChI=1S/C30H26ClF4N5O2S2/c1-4-24(41)40-15(2)10-38(11-16(40)3)28-21-7-22(30(33,34)35)25(23-6-19(31)14-43-23)27-26(21)39(29(42)37-28)12-18(13-44-27)17-5-20(32)9-36-8-17/h4-9,14-16,18H,1,10-13H2,2-3H3/t15-,16+,18-/m1/s1. The van der Waals surface area contributed by atoms with Crippen LogP contribution in [0.5, 0.6) is 0 Å². The number of carbonyl (C=O) groups is 1. The van der Waals surface area contributed by atoms with Crippen molar-refractivity contribution < 1.29 is 22.4 Å². The minimum absolute atomic E-state index is 0.0571. The number of pyridine rings is 1. The molecule has 0 radical (unpaired) electrons. The van der Waals surface area contributed by atoms with Gasteiger partial charge in [-0.2, -0.15) is 18.2 Å². The fraction of sp³-hybridized carbons (Fsp3) is 0.333. The monoisotopic (exact) mass is 663 g/mol. The zero-order valence-electron chi connectivity index (χ0n) is 23.6. The predicted octanol–water partition coefficient (Wildman–Crippen LogP) is 6.83. The van der Waals surface area contributed by atoms with Crippen molar-refractivity contribution in [3.05, 3.63) is 81.1 Å². The molecule has 5 heterocycles. The van der Waals surface area contributed by atoms with E-state index >= 15 is 0 Å². The largest absolute Gasteiger partial charge is 0.417 e. The Hall–Kier alpha value is -3.42. The molecule has 44 heavy (non-hydrogen) atoms. The Kier molecular flexibility index (Phi) is 8.00. The summed E-state index contributed by atoms with van der Waals surface area (Å²) in [5.41, 5.74) is -0.707. The van der Waals surface area contributed by atoms with E-state index < -0.39 is 29.2 Å². The van der Waals surface area contributed by atoms with Crippen LogP contribution in [0.3, 0.4) is 0 Å². The maximum Gasteiger partial charge on any atom is 0.417 e. The number of amides is 1. The molecule has 230 valence electrons. The highest BCUT2D eigenvalue weighted by Crippen LogP contribution is 2.50. The summed E-state index contributed by atoms with van der Waals surface area (Å²) in [6.45, 7) is 7.81. The maximum atomic E-state index is 14.9. The summed E-state index contributed by atoms with van der Waals surface area (Å²) in [6, 6.07) is 3.23. The summed E-state index contributed by atoms with van der Waals surface area (Å²) in [7, 11) is 0. The van der Waals surface area contributed by atoms with Gasteiger partial charge in [0.05, 0.1) is 22.3 Å². The van der Waals surface area contributed by atoms with Crippen molar-refractivity contribution >= 4 is 57.3 Å². The number of carbonyl (C=O) groups excluding carboxylic acids is 1. The molecule has 0 aliphatic carbocycles. The predicted molar refractivity (Wildman–Crippen MR) is 165 cm³/mol. The molecule has 6 rings (SSSR count). The van der Waals surface area contributed by atoms with Crippen LogP contribution in [0.4, 0.5) is 23.4 Å². The van der Waals surface area contributed by atoms with Crippen LogP contribution in [0.1, 0.15) is 30.9 Å². The Morgan fingerprint density at radius 1 is 1.14 bits per heavy atom. The van der Waals surface area contributed by atoms with Crippen LogP contribution in [0.15, 0.2) is 58.3 Å². The third-order valence-electron chi connectivity index (χ3n) is 7.99. The Morgan fingerprint density at radius 2 is 1.86 bits per heavy atom. The van der Waals surface area contributed by atoms with Gasteiger partial charge in [0.15, 0.2) is 0 Å². The van der Waals surface area contributed by atoms with Crippen LogP contribution in [0.2, 0.25) is 5.02 Å². The molecule has 0 saturated carbocycles. The molecular weight excluding hydrogens is 638 g/mol. The van der Waals surface area contributed by atoms with E-state index in [9.17, 15) is 27.2 Å². The van der Waals surface area contributed by atoms with Gasteiger partial charge in [0.1, 0.15) is 11.6 Å². The van der Waals surface area contributed by atoms with Gasteiger partial charge in [-0.05, 0) is 43.7 Å². The lowest BCUT2D eigenvalue weighted by atomic mass is 9.99. The average Bonchev–Trinajstić information content (AvgIpc) is 3.28. The lowest BCUT2D eigenvalue weighted by Gasteiger charge is -2.44. The molecular formula is C30H26ClF4N5O2S2. The minimum atomic E-state index is -4.75. The molecule has 0 bridgehead atoms. The Morgan fingerprint density at radius 3 is 2.48 bits per heavy atom. The number of hydrogen-bond donors (Lipinski definition) is 0. The summed E-state index contributed by atoms with van der Waals surface area (Å²) >= 11 is 8.46. The number of piperazine rings is 1. The van der Waals surface area contributed by atoms with Crippen LogP contribution in [-0.4, -0.2) is 56.3 Å². The summed E-state index contributed by atoms with van der Waals surface area (Å²) in [6.07, 6.45) is -0.943. The van der Waals surface area contributed by atoms with Gasteiger partial charge in [-0.1, -0.05) is 18.2 Å². The SMILES string of the molecule is C=CC(=O)N1[C@H](C)CN(c2nc(=O)n3c4c(c(-c5cc(Cl)cs5)c(C(F)(F)F)cc24)SC[C@H](c2cncc(F)c2)C3)C[C@@H]1C. The van der Waals surface area contributed by atoms with Gasteiger partial charge in [-0.15, -0.1) is 23.1 Å². The quantitative estimate of drug-likeness (QED) is 0.176. The molecule has 1 aromatic carbocycles. The summed E-state index contributed by atoms with van der Waals surface area (Å²) in [5.74, 6) is -0.850. The summed E-state index contributed by atoms with van der Waals surface area (Å²) in [4.78, 5) is 38.7. The van der Waals surface area contributed by atoms with E-state index in [0.29, 0.717) is 21.0 Å². The van der Waals surface area contributed by atoms with Crippen LogP contribution < -0.4 is 10.6 Å². The third kappa shape index (κ3) is 5.39. The van der Waals surface area contributed by atoms with Crippen molar-refractivity contribution in [1.82, 2.24) is 19.4 Å². The molecule has 7 nitrogen and oxygen atoms in total. The molecule has 0 spiro atoms. The van der Waals surface area contributed by atoms with Gasteiger partial charge in [0.25, 0.3) is 0 Å². The smallest absolute Gasteiger partial charge is 0.352 e. The number of anilines is 1. The Bertz CT molecular complexity index is 1850. The average molecular weight is 664 g/mol. The second-order valence-electron chi connectivity index (χ2n) is 11.0. The van der Waals surface area contributed by atoms with Crippen molar-refractivity contribution in [2.45, 2.75) is 49.5 Å². The van der Waals surface area contributed by atoms with Gasteiger partial charge >= 0.3 is 11.9 Å². The first-order valence-corrected chi connectivity index (χ1v) is 16.0. The van der Waals surface area contributed by atoms with E-state index in [0.717, 1.165) is 23.6 Å². The molecule has 3 aromatic heterocycles. The number of aromatic nitrogens is 3. The Labute approximate surface area is 263 Å². The van der Waals surface area contributed by atoms with Crippen LogP contribution in [0, 0.1) is 5.82 Å². The summed E-state index contributed by atoms with van der Waals surface area (Å²) < 4.78 is 60.3. The highest BCUT2D eigenvalue weighted by Gasteiger charge is 2.40. The first-order valence-electron chi connectivity index (χ1n) is 13.7. The maximum absolute atomic E-state index is 14.9. The molecule has 2 aliphatic rings. The lowest BCUT2D eigenvalue weighted by molar-refractivity contribution is -0.137. The fourth-order valence-corrected chi connectivity index (χ4v) is 8.79. The number of thiophene rings is 1. The van der Waals surface area contributed by atoms with Gasteiger partial charge in [0.2, 0.25) is 5.91 Å². The minimum Gasteiger partial charge on any atom is -0.352 e. The van der Waals surface area contributed by atoms with E-state index in [1.165, 1.54) is 40.7 Å². The van der Waals surface area contributed by atoms with E-state index in [1.54, 1.807) is 15.2 Å². The van der Waals surface area contributed by atoms with Crippen molar-refractivity contribution in [2.24, 2.45) is 0 Å². The number of thioether (sulfide) groups is 1. The van der Waals surface area contributed by atoms with E-state index in [4.69, 9.17) is 11.6 Å². The number of benzene rings is 1. The van der Waals surface area contributed by atoms with Crippen LogP contribution >= 0.6 is 34.7 Å². The molecule has 1 saturated heterocycles. The molecule has 2 aliphatic heterocycles. The zero-order valence-corrected chi connectivity index (χ0v) is 26.0. The van der Waals surface area contributed by atoms with Crippen molar-refractivity contribution in [3.63, 3.8) is 0 Å². The van der Waals surface area contributed by atoms with Crippen molar-refractivity contribution in [1.29, 1.82) is 0 Å². The van der Waals surface area contributed by atoms with Crippen molar-refractivity contribution in [2.75, 3.05) is 23.7 Å². The number of nitrogens with zero attached hydrogens (tertiary/aromatic N) is 5. The van der Waals surface area contributed by atoms with Gasteiger partial charge in [-0.3, -0.25) is 14.3 Å². The molecule has 1 amide bonds. The van der Waals surface area contributed by atoms with E-state index in [-0.39, 0.29) is 65.0 Å². The van der Waals surface area contributed by atoms with Crippen molar-refractivity contribution in [3.8, 4) is 10.4 Å². The van der Waals surface area contributed by atoms with E-state index in [2.05, 4.69) is 16.5 Å². The van der Waals surface area contributed by atoms with E-state index in [1.807, 2.05) is 13.8 Å². The highest BCUT2D eigenvalue weighted by molar-refractivity contribution is 7.99. The fourth-order valence-electron chi connectivity index (χ4n) is 6.20. The van der Waals surface area contributed by atoms with Crippen LogP contribution in [-0.2, 0) is 17.5 Å². The first-order chi connectivity index (χ1) is 20.9. The second-order valence-corrected chi connectivity index (χ2v) is 13.4. The molecule has 0 N–H and O–H groups in total. The summed E-state index contributed by atoms with van der Waals surface area (Å²) in [5, 5.41) is 2.04. The first kappa shape index (κ1) is 30.6.